The maximum Gasteiger partial charge on any atom is 0.330 e. The van der Waals surface area contributed by atoms with Crippen molar-refractivity contribution in [2.45, 2.75) is 24.1 Å². The number of nitrogens with one attached hydrogen (secondary N) is 1. The van der Waals surface area contributed by atoms with Gasteiger partial charge < -0.3 is 9.84 Å². The van der Waals surface area contributed by atoms with E-state index in [0.717, 1.165) is 0 Å². The Morgan fingerprint density at radius 3 is 2.94 bits per heavy atom. The van der Waals surface area contributed by atoms with E-state index in [-0.39, 0.29) is 12.0 Å². The lowest BCUT2D eigenvalue weighted by molar-refractivity contribution is -0.0240. The third-order valence-corrected chi connectivity index (χ3v) is 2.96. The maximum atomic E-state index is 11.5. The molecule has 1 aromatic rings. The predicted octanol–water partition coefficient (Wildman–Crippen LogP) is -0.576. The molecule has 7 heteroatoms. The van der Waals surface area contributed by atoms with Crippen molar-refractivity contribution in [1.82, 2.24) is 9.55 Å². The number of alkyl halides is 1. The molecule has 2 heterocycles. The molecule has 1 saturated heterocycles. The number of H-pyrrole nitrogens is 1. The Morgan fingerprint density at radius 2 is 2.38 bits per heavy atom. The van der Waals surface area contributed by atoms with Crippen LogP contribution in [0.25, 0.3) is 0 Å². The predicted molar refractivity (Wildman–Crippen MR) is 56.6 cm³/mol. The number of aromatic nitrogens is 2. The fraction of sp³-hybridized carbons (Fsp3) is 0.556. The average molecular weight is 247 g/mol. The van der Waals surface area contributed by atoms with Crippen molar-refractivity contribution in [2.24, 2.45) is 0 Å². The fourth-order valence-electron chi connectivity index (χ4n) is 1.68. The Labute approximate surface area is 95.4 Å². The second-order valence-corrected chi connectivity index (χ2v) is 4.14. The quantitative estimate of drug-likeness (QED) is 0.684. The number of nitrogens with zero attached hydrogens (tertiary/aromatic N) is 1. The van der Waals surface area contributed by atoms with Crippen molar-refractivity contribution in [2.75, 3.05) is 6.61 Å². The fourth-order valence-corrected chi connectivity index (χ4v) is 1.97. The largest absolute Gasteiger partial charge is 0.394 e. The van der Waals surface area contributed by atoms with E-state index >= 15 is 0 Å². The van der Waals surface area contributed by atoms with Crippen LogP contribution in [-0.2, 0) is 4.74 Å². The van der Waals surface area contributed by atoms with Crippen molar-refractivity contribution < 1.29 is 9.84 Å². The third kappa shape index (κ3) is 2.04. The number of aromatic amines is 1. The molecule has 88 valence electrons. The molecule has 0 bridgehead atoms. The van der Waals surface area contributed by atoms with Gasteiger partial charge in [0.1, 0.15) is 6.23 Å². The average Bonchev–Trinajstić information content (AvgIpc) is 2.59. The van der Waals surface area contributed by atoms with Crippen LogP contribution in [0.5, 0.6) is 0 Å². The van der Waals surface area contributed by atoms with E-state index in [2.05, 4.69) is 4.98 Å². The third-order valence-electron chi connectivity index (χ3n) is 2.50. The topological polar surface area (TPSA) is 84.3 Å². The summed E-state index contributed by atoms with van der Waals surface area (Å²) in [6.07, 6.45) is 0.753. The van der Waals surface area contributed by atoms with Gasteiger partial charge in [-0.3, -0.25) is 14.3 Å². The highest BCUT2D eigenvalue weighted by molar-refractivity contribution is 6.21. The second kappa shape index (κ2) is 4.40. The van der Waals surface area contributed by atoms with Gasteiger partial charge in [0.05, 0.1) is 18.1 Å². The molecule has 1 fully saturated rings. The lowest BCUT2D eigenvalue weighted by Gasteiger charge is -2.13. The van der Waals surface area contributed by atoms with Crippen molar-refractivity contribution >= 4 is 11.6 Å². The molecular weight excluding hydrogens is 236 g/mol. The molecule has 1 aromatic heterocycles. The first-order valence-electron chi connectivity index (χ1n) is 4.83. The van der Waals surface area contributed by atoms with Gasteiger partial charge in [0, 0.05) is 18.7 Å². The summed E-state index contributed by atoms with van der Waals surface area (Å²) in [7, 11) is 0. The molecule has 2 N–H and O–H groups in total. The number of halogens is 1. The minimum Gasteiger partial charge on any atom is -0.394 e. The smallest absolute Gasteiger partial charge is 0.330 e. The van der Waals surface area contributed by atoms with E-state index in [1.54, 1.807) is 0 Å². The monoisotopic (exact) mass is 246 g/mol. The molecule has 3 atom stereocenters. The van der Waals surface area contributed by atoms with Crippen LogP contribution in [0.3, 0.4) is 0 Å². The first kappa shape index (κ1) is 11.4. The highest BCUT2D eigenvalue weighted by Crippen LogP contribution is 2.30. The molecule has 0 aromatic carbocycles. The summed E-state index contributed by atoms with van der Waals surface area (Å²) < 4.78 is 6.64. The highest BCUT2D eigenvalue weighted by Gasteiger charge is 2.34. The molecule has 1 unspecified atom stereocenters. The van der Waals surface area contributed by atoms with Crippen LogP contribution in [-0.4, -0.2) is 32.7 Å². The molecule has 0 radical (unpaired) electrons. The number of aliphatic hydroxyl groups excluding tert-OH is 1. The molecular formula is C9H11ClN2O4. The van der Waals surface area contributed by atoms with E-state index in [4.69, 9.17) is 21.4 Å². The molecule has 0 spiro atoms. The second-order valence-electron chi connectivity index (χ2n) is 3.58. The van der Waals surface area contributed by atoms with Gasteiger partial charge >= 0.3 is 5.69 Å². The van der Waals surface area contributed by atoms with Gasteiger partial charge in [-0.05, 0) is 0 Å². The van der Waals surface area contributed by atoms with Crippen LogP contribution in [0, 0.1) is 0 Å². The van der Waals surface area contributed by atoms with Gasteiger partial charge in [0.2, 0.25) is 0 Å². The van der Waals surface area contributed by atoms with E-state index in [9.17, 15) is 9.59 Å². The summed E-state index contributed by atoms with van der Waals surface area (Å²) in [5.41, 5.74) is -1.000. The van der Waals surface area contributed by atoms with E-state index in [1.165, 1.54) is 16.8 Å². The molecule has 16 heavy (non-hydrogen) atoms. The van der Waals surface area contributed by atoms with E-state index in [0.29, 0.717) is 6.42 Å². The molecule has 2 rings (SSSR count). The standard InChI is InChI=1S/C9H11ClN2O4/c10-5-3-8(16-6(5)4-13)12-2-1-7(14)11-9(12)15/h1-2,5-6,8,13H,3-4H2,(H,11,14,15)/t5?,6-,8-/m1/s1. The first-order chi connectivity index (χ1) is 7.61. The van der Waals surface area contributed by atoms with Gasteiger partial charge in [0.15, 0.2) is 0 Å². The summed E-state index contributed by atoms with van der Waals surface area (Å²) >= 11 is 5.93. The molecule has 6 nitrogen and oxygen atoms in total. The molecule has 0 aliphatic carbocycles. The van der Waals surface area contributed by atoms with Gasteiger partial charge in [-0.15, -0.1) is 11.6 Å². The summed E-state index contributed by atoms with van der Waals surface area (Å²) in [4.78, 5) is 24.4. The zero-order chi connectivity index (χ0) is 11.7. The van der Waals surface area contributed by atoms with E-state index in [1.807, 2.05) is 0 Å². The number of hydrogen-bond acceptors (Lipinski definition) is 4. The van der Waals surface area contributed by atoms with Crippen molar-refractivity contribution in [1.29, 1.82) is 0 Å². The SMILES string of the molecule is O=c1ccn([C@H]2CC(Cl)[C@@H](CO)O2)c(=O)[nH]1. The Morgan fingerprint density at radius 1 is 1.62 bits per heavy atom. The van der Waals surface area contributed by atoms with Crippen LogP contribution in [0.2, 0.25) is 0 Å². The van der Waals surface area contributed by atoms with Crippen LogP contribution in [0.1, 0.15) is 12.6 Å². The number of ether oxygens (including phenoxy) is 1. The van der Waals surface area contributed by atoms with Gasteiger partial charge in [-0.2, -0.15) is 0 Å². The molecule has 1 aliphatic heterocycles. The number of hydrogen-bond donors (Lipinski definition) is 2. The van der Waals surface area contributed by atoms with Gasteiger partial charge in [-0.1, -0.05) is 0 Å². The summed E-state index contributed by atoms with van der Waals surface area (Å²) in [5.74, 6) is 0. The van der Waals surface area contributed by atoms with Crippen molar-refractivity contribution in [3.8, 4) is 0 Å². The van der Waals surface area contributed by atoms with Crippen LogP contribution >= 0.6 is 11.6 Å². The van der Waals surface area contributed by atoms with Gasteiger partial charge in [0.25, 0.3) is 5.56 Å². The van der Waals surface area contributed by atoms with Crippen LogP contribution < -0.4 is 11.2 Å². The minimum atomic E-state index is -0.542. The lowest BCUT2D eigenvalue weighted by atomic mass is 10.2. The lowest BCUT2D eigenvalue weighted by Crippen LogP contribution is -2.31. The Bertz CT molecular complexity index is 483. The minimum absolute atomic E-state index is 0.192. The van der Waals surface area contributed by atoms with Crippen LogP contribution in [0.15, 0.2) is 21.9 Å². The summed E-state index contributed by atoms with van der Waals surface area (Å²) in [6, 6.07) is 1.24. The zero-order valence-corrected chi connectivity index (χ0v) is 9.05. The van der Waals surface area contributed by atoms with E-state index < -0.39 is 23.6 Å². The normalized spacial score (nSPS) is 29.5. The number of rotatable bonds is 2. The Balaban J connectivity index is 2.27. The summed E-state index contributed by atoms with van der Waals surface area (Å²) in [6.45, 7) is -0.192. The van der Waals surface area contributed by atoms with Gasteiger partial charge in [-0.25, -0.2) is 4.79 Å². The molecule has 1 aliphatic rings. The zero-order valence-electron chi connectivity index (χ0n) is 8.30. The molecule has 0 saturated carbocycles. The van der Waals surface area contributed by atoms with Crippen molar-refractivity contribution in [3.05, 3.63) is 33.1 Å². The first-order valence-corrected chi connectivity index (χ1v) is 5.27. The van der Waals surface area contributed by atoms with Crippen LogP contribution in [0.4, 0.5) is 0 Å². The van der Waals surface area contributed by atoms with Crippen molar-refractivity contribution in [3.63, 3.8) is 0 Å². The number of aliphatic hydroxyl groups is 1. The Hall–Kier alpha value is -1.11. The molecule has 0 amide bonds. The maximum absolute atomic E-state index is 11.5. The Kier molecular flexibility index (Phi) is 3.13. The highest BCUT2D eigenvalue weighted by atomic mass is 35.5. The summed E-state index contributed by atoms with van der Waals surface area (Å²) in [5, 5.41) is 8.62.